The van der Waals surface area contributed by atoms with E-state index in [-0.39, 0.29) is 11.4 Å². The van der Waals surface area contributed by atoms with E-state index < -0.39 is 10.0 Å². The monoisotopic (exact) mass is 480 g/mol. The Morgan fingerprint density at radius 1 is 1.12 bits per heavy atom. The van der Waals surface area contributed by atoms with Crippen LogP contribution in [0.5, 0.6) is 5.75 Å². The highest BCUT2D eigenvalue weighted by Crippen LogP contribution is 2.43. The lowest BCUT2D eigenvalue weighted by atomic mass is 9.84. The molecule has 8 nitrogen and oxygen atoms in total. The number of sulfonamides is 1. The molecule has 3 aromatic rings. The summed E-state index contributed by atoms with van der Waals surface area (Å²) in [5, 5.41) is 3.62. The Labute approximate surface area is 199 Å². The lowest BCUT2D eigenvalue weighted by Crippen LogP contribution is -2.40. The van der Waals surface area contributed by atoms with Gasteiger partial charge in [0.2, 0.25) is 10.0 Å². The van der Waals surface area contributed by atoms with Gasteiger partial charge in [0.25, 0.3) is 0 Å². The zero-order valence-electron chi connectivity index (χ0n) is 19.8. The van der Waals surface area contributed by atoms with Gasteiger partial charge >= 0.3 is 6.03 Å². The van der Waals surface area contributed by atoms with Crippen LogP contribution in [0, 0.1) is 0 Å². The smallest absolute Gasteiger partial charge is 0.326 e. The van der Waals surface area contributed by atoms with Crippen LogP contribution in [0.2, 0.25) is 0 Å². The van der Waals surface area contributed by atoms with Crippen LogP contribution in [0.1, 0.15) is 26.3 Å². The van der Waals surface area contributed by atoms with E-state index in [2.05, 4.69) is 30.8 Å². The molecule has 0 saturated heterocycles. The van der Waals surface area contributed by atoms with Crippen LogP contribution in [-0.2, 0) is 15.4 Å². The quantitative estimate of drug-likeness (QED) is 0.555. The predicted molar refractivity (Wildman–Crippen MR) is 136 cm³/mol. The molecule has 1 aliphatic rings. The number of nitrogens with one attached hydrogen (secondary N) is 2. The van der Waals surface area contributed by atoms with Crippen LogP contribution >= 0.6 is 0 Å². The third-order valence-corrected chi connectivity index (χ3v) is 6.14. The summed E-state index contributed by atoms with van der Waals surface area (Å²) in [5.41, 5.74) is 4.22. The number of hydrogen-bond donors (Lipinski definition) is 2. The first kappa shape index (κ1) is 23.6. The van der Waals surface area contributed by atoms with E-state index in [1.54, 1.807) is 36.5 Å². The minimum Gasteiger partial charge on any atom is -0.496 e. The normalized spacial score (nSPS) is 14.3. The topological polar surface area (TPSA) is 101 Å². The number of carbonyl (C=O) groups is 1. The minimum absolute atomic E-state index is 0.214. The molecule has 0 unspecified atom stereocenters. The number of methoxy groups -OCH3 is 1. The summed E-state index contributed by atoms with van der Waals surface area (Å²) in [6.45, 7) is 6.77. The van der Waals surface area contributed by atoms with E-state index in [9.17, 15) is 13.2 Å². The summed E-state index contributed by atoms with van der Waals surface area (Å²) in [7, 11) is -1.72. The molecule has 1 aromatic heterocycles. The highest BCUT2D eigenvalue weighted by atomic mass is 32.2. The van der Waals surface area contributed by atoms with Crippen molar-refractivity contribution in [1.82, 2.24) is 10.3 Å². The number of fused-ring (bicyclic) bond motifs is 1. The third-order valence-electron chi connectivity index (χ3n) is 5.54. The summed E-state index contributed by atoms with van der Waals surface area (Å²) < 4.78 is 31.3. The van der Waals surface area contributed by atoms with Gasteiger partial charge in [0.15, 0.2) is 0 Å². The van der Waals surface area contributed by atoms with Gasteiger partial charge in [0, 0.05) is 41.1 Å². The Bertz CT molecular complexity index is 1390. The molecule has 178 valence electrons. The average molecular weight is 481 g/mol. The van der Waals surface area contributed by atoms with Gasteiger partial charge in [-0.05, 0) is 41.3 Å². The van der Waals surface area contributed by atoms with Crippen LogP contribution in [0.3, 0.4) is 0 Å². The highest BCUT2D eigenvalue weighted by molar-refractivity contribution is 7.92. The van der Waals surface area contributed by atoms with E-state index in [0.29, 0.717) is 29.2 Å². The second-order valence-electron chi connectivity index (χ2n) is 9.24. The van der Waals surface area contributed by atoms with Crippen molar-refractivity contribution in [2.24, 2.45) is 0 Å². The lowest BCUT2D eigenvalue weighted by molar-refractivity contribution is 0.248. The van der Waals surface area contributed by atoms with Crippen LogP contribution in [0.25, 0.3) is 22.0 Å². The van der Waals surface area contributed by atoms with Crippen molar-refractivity contribution in [2.45, 2.75) is 26.2 Å². The SMILES string of the molecule is COc1c(C(C)(C)C)cc(N2C=CCNC2=O)c2ncc(-c3ccc(NS(C)(=O)=O)cc3)cc12. The number of benzene rings is 2. The Kier molecular flexibility index (Phi) is 5.99. The Hall–Kier alpha value is -3.59. The molecule has 2 heterocycles. The number of anilines is 2. The lowest BCUT2D eigenvalue weighted by Gasteiger charge is -2.28. The number of nitrogens with zero attached hydrogens (tertiary/aromatic N) is 2. The third kappa shape index (κ3) is 4.70. The molecular weight excluding hydrogens is 452 g/mol. The Balaban J connectivity index is 1.91. The number of rotatable bonds is 5. The molecule has 4 rings (SSSR count). The van der Waals surface area contributed by atoms with Crippen molar-refractivity contribution in [2.75, 3.05) is 29.5 Å². The molecule has 0 aliphatic carbocycles. The molecule has 0 spiro atoms. The van der Waals surface area contributed by atoms with E-state index in [4.69, 9.17) is 9.72 Å². The maximum Gasteiger partial charge on any atom is 0.326 e. The van der Waals surface area contributed by atoms with Gasteiger partial charge in [-0.25, -0.2) is 13.2 Å². The van der Waals surface area contributed by atoms with E-state index in [1.807, 2.05) is 30.3 Å². The number of urea groups is 1. The predicted octanol–water partition coefficient (Wildman–Crippen LogP) is 4.62. The molecule has 2 aromatic carbocycles. The first-order valence-corrected chi connectivity index (χ1v) is 12.7. The van der Waals surface area contributed by atoms with E-state index in [1.165, 1.54) is 0 Å². The second kappa shape index (κ2) is 8.64. The van der Waals surface area contributed by atoms with Crippen LogP contribution in [-0.4, -0.2) is 39.3 Å². The molecule has 0 saturated carbocycles. The summed E-state index contributed by atoms with van der Waals surface area (Å²) in [6.07, 6.45) is 6.50. The zero-order chi connectivity index (χ0) is 24.7. The van der Waals surface area contributed by atoms with Gasteiger partial charge in [0.05, 0.1) is 24.6 Å². The molecule has 2 N–H and O–H groups in total. The van der Waals surface area contributed by atoms with Gasteiger partial charge in [-0.1, -0.05) is 32.9 Å². The van der Waals surface area contributed by atoms with Gasteiger partial charge < -0.3 is 10.1 Å². The highest BCUT2D eigenvalue weighted by Gasteiger charge is 2.27. The van der Waals surface area contributed by atoms with Crippen molar-refractivity contribution in [3.8, 4) is 16.9 Å². The number of hydrogen-bond acceptors (Lipinski definition) is 5. The number of ether oxygens (including phenoxy) is 1. The van der Waals surface area contributed by atoms with E-state index in [0.717, 1.165) is 28.3 Å². The summed E-state index contributed by atoms with van der Waals surface area (Å²) in [4.78, 5) is 18.9. The molecule has 9 heteroatoms. The Morgan fingerprint density at radius 3 is 2.41 bits per heavy atom. The minimum atomic E-state index is -3.35. The van der Waals surface area contributed by atoms with Crippen LogP contribution in [0.4, 0.5) is 16.2 Å². The van der Waals surface area contributed by atoms with Crippen molar-refractivity contribution < 1.29 is 17.9 Å². The number of carbonyl (C=O) groups excluding carboxylic acids is 1. The van der Waals surface area contributed by atoms with Crippen molar-refractivity contribution in [1.29, 1.82) is 0 Å². The maximum absolute atomic E-state index is 12.6. The second-order valence-corrected chi connectivity index (χ2v) is 11.0. The van der Waals surface area contributed by atoms with Crippen molar-refractivity contribution in [3.63, 3.8) is 0 Å². The number of amides is 2. The number of pyridine rings is 1. The fourth-order valence-corrected chi connectivity index (χ4v) is 4.53. The molecule has 0 atom stereocenters. The summed E-state index contributed by atoms with van der Waals surface area (Å²) >= 11 is 0. The summed E-state index contributed by atoms with van der Waals surface area (Å²) in [6, 6.07) is 10.8. The molecule has 34 heavy (non-hydrogen) atoms. The van der Waals surface area contributed by atoms with Crippen LogP contribution < -0.4 is 19.7 Å². The van der Waals surface area contributed by atoms with Gasteiger partial charge in [-0.3, -0.25) is 14.6 Å². The maximum atomic E-state index is 12.6. The molecule has 1 aliphatic heterocycles. The fourth-order valence-electron chi connectivity index (χ4n) is 3.97. The van der Waals surface area contributed by atoms with Gasteiger partial charge in [-0.15, -0.1) is 0 Å². The molecule has 0 fully saturated rings. The first-order valence-electron chi connectivity index (χ1n) is 10.8. The Morgan fingerprint density at radius 2 is 1.82 bits per heavy atom. The molecule has 2 amide bonds. The fraction of sp³-hybridized carbons (Fsp3) is 0.280. The summed E-state index contributed by atoms with van der Waals surface area (Å²) in [5.74, 6) is 0.706. The van der Waals surface area contributed by atoms with E-state index >= 15 is 0 Å². The molecule has 0 radical (unpaired) electrons. The molecular formula is C25H28N4O4S. The number of aromatic nitrogens is 1. The van der Waals surface area contributed by atoms with Gasteiger partial charge in [-0.2, -0.15) is 0 Å². The molecule has 0 bridgehead atoms. The van der Waals surface area contributed by atoms with Crippen molar-refractivity contribution >= 4 is 38.3 Å². The first-order chi connectivity index (χ1) is 16.0. The zero-order valence-corrected chi connectivity index (χ0v) is 20.7. The van der Waals surface area contributed by atoms with Crippen LogP contribution in [0.15, 0.2) is 54.9 Å². The average Bonchev–Trinajstić information content (AvgIpc) is 2.77. The largest absolute Gasteiger partial charge is 0.496 e. The van der Waals surface area contributed by atoms with Crippen molar-refractivity contribution in [3.05, 3.63) is 60.4 Å². The van der Waals surface area contributed by atoms with Gasteiger partial charge in [0.1, 0.15) is 5.75 Å². The standard InChI is InChI=1S/C25H28N4O4S/c1-25(2,3)20-14-21(29-12-6-11-26-24(29)30)22-19(23(20)33-4)13-17(15-27-22)16-7-9-18(10-8-16)28-34(5,31)32/h6-10,12-15,28H,11H2,1-5H3,(H,26,30).